The fraction of sp³-hybridized carbons (Fsp3) is 0.200. The fourth-order valence-corrected chi connectivity index (χ4v) is 0.418. The van der Waals surface area contributed by atoms with E-state index >= 15 is 0 Å². The molecule has 0 N–H and O–H groups in total. The zero-order valence-electron chi connectivity index (χ0n) is 4.64. The molecule has 0 aliphatic carbocycles. The number of oxazole rings is 1. The van der Waals surface area contributed by atoms with Crippen LogP contribution in [-0.4, -0.2) is 4.98 Å². The second-order valence-electron chi connectivity index (χ2n) is 1.57. The summed E-state index contributed by atoms with van der Waals surface area (Å²) in [7, 11) is 0. The monoisotopic (exact) mass is 149 g/mol. The third-order valence-corrected chi connectivity index (χ3v) is 0.812. The maximum atomic E-state index is 11.6. The molecule has 5 heteroatoms. The zero-order valence-corrected chi connectivity index (χ0v) is 4.64. The summed E-state index contributed by atoms with van der Waals surface area (Å²) < 4.78 is 39.0. The summed E-state index contributed by atoms with van der Waals surface area (Å²) in [6.07, 6.45) is -4.00. The predicted molar refractivity (Wildman–Crippen MR) is 24.9 cm³/mol. The molecule has 0 amide bonds. The number of hydrogen-bond acceptors (Lipinski definition) is 2. The lowest BCUT2D eigenvalue weighted by Crippen LogP contribution is -2.04. The van der Waals surface area contributed by atoms with Crippen LogP contribution in [-0.2, 0) is 6.18 Å². The Bertz CT molecular complexity index is 227. The normalized spacial score (nSPS) is 12.0. The first-order valence-corrected chi connectivity index (χ1v) is 2.28. The Kier molecular flexibility index (Phi) is 1.42. The first kappa shape index (κ1) is 7.11. The van der Waals surface area contributed by atoms with E-state index in [1.165, 1.54) is 0 Å². The van der Waals surface area contributed by atoms with Crippen LogP contribution in [0.3, 0.4) is 0 Å². The molecule has 1 heterocycles. The molecule has 0 aromatic carbocycles. The van der Waals surface area contributed by atoms with Crippen LogP contribution in [0, 0.1) is 6.92 Å². The molecule has 0 saturated carbocycles. The van der Waals surface area contributed by atoms with Crippen molar-refractivity contribution in [2.45, 2.75) is 6.18 Å². The van der Waals surface area contributed by atoms with E-state index in [1.807, 2.05) is 0 Å². The van der Waals surface area contributed by atoms with Crippen LogP contribution in [0.1, 0.15) is 11.6 Å². The molecule has 0 spiro atoms. The Morgan fingerprint density at radius 3 is 2.30 bits per heavy atom. The molecule has 0 bridgehead atoms. The molecular weight excluding hydrogens is 147 g/mol. The Morgan fingerprint density at radius 1 is 1.50 bits per heavy atom. The second kappa shape index (κ2) is 2.00. The van der Waals surface area contributed by atoms with Crippen LogP contribution in [0.4, 0.5) is 13.2 Å². The van der Waals surface area contributed by atoms with Gasteiger partial charge in [-0.1, -0.05) is 0 Å². The van der Waals surface area contributed by atoms with E-state index in [2.05, 4.69) is 9.40 Å². The van der Waals surface area contributed by atoms with Gasteiger partial charge in [0.25, 0.3) is 0 Å². The van der Waals surface area contributed by atoms with Gasteiger partial charge in [0.1, 0.15) is 6.26 Å². The molecule has 2 radical (unpaired) electrons. The first-order chi connectivity index (χ1) is 4.50. The van der Waals surface area contributed by atoms with E-state index in [1.54, 1.807) is 0 Å². The van der Waals surface area contributed by atoms with Crippen molar-refractivity contribution >= 4 is 0 Å². The molecule has 0 saturated heterocycles. The number of halogens is 3. The summed E-state index contributed by atoms with van der Waals surface area (Å²) in [5, 5.41) is 0. The maximum Gasteiger partial charge on any atom is 0.436 e. The highest BCUT2D eigenvalue weighted by Gasteiger charge is 2.34. The third-order valence-electron chi connectivity index (χ3n) is 0.812. The standard InChI is InChI=1S/C5H2F3NO/c1-3-9-4(2-10-3)5(6,7)8/h1-2H. The van der Waals surface area contributed by atoms with Crippen molar-refractivity contribution in [3.8, 4) is 0 Å². The van der Waals surface area contributed by atoms with Gasteiger partial charge in [-0.2, -0.15) is 13.2 Å². The van der Waals surface area contributed by atoms with Gasteiger partial charge in [-0.05, 0) is 0 Å². The summed E-state index contributed by atoms with van der Waals surface area (Å²) in [6, 6.07) is 0. The van der Waals surface area contributed by atoms with Crippen molar-refractivity contribution < 1.29 is 17.6 Å². The summed E-state index contributed by atoms with van der Waals surface area (Å²) in [4.78, 5) is 2.87. The van der Waals surface area contributed by atoms with E-state index < -0.39 is 17.8 Å². The van der Waals surface area contributed by atoms with E-state index in [4.69, 9.17) is 6.92 Å². The molecule has 0 aliphatic heterocycles. The molecule has 0 unspecified atom stereocenters. The van der Waals surface area contributed by atoms with Crippen molar-refractivity contribution in [3.05, 3.63) is 24.8 Å². The van der Waals surface area contributed by atoms with Crippen molar-refractivity contribution in [2.75, 3.05) is 0 Å². The average Bonchev–Trinajstić information content (AvgIpc) is 2.11. The van der Waals surface area contributed by atoms with Gasteiger partial charge < -0.3 is 4.42 Å². The number of aromatic nitrogens is 1. The van der Waals surface area contributed by atoms with Crippen LogP contribution in [0.5, 0.6) is 0 Å². The van der Waals surface area contributed by atoms with Crippen molar-refractivity contribution in [1.82, 2.24) is 4.98 Å². The molecular formula is C5H2F3NO. The number of hydrogen-bond donors (Lipinski definition) is 0. The van der Waals surface area contributed by atoms with Gasteiger partial charge in [-0.25, -0.2) is 4.98 Å². The largest absolute Gasteiger partial charge is 0.448 e. The molecule has 2 nitrogen and oxygen atoms in total. The summed E-state index contributed by atoms with van der Waals surface area (Å²) in [5.41, 5.74) is -1.11. The number of rotatable bonds is 0. The molecule has 0 fully saturated rings. The Morgan fingerprint density at radius 2 is 2.10 bits per heavy atom. The maximum absolute atomic E-state index is 11.6. The van der Waals surface area contributed by atoms with Crippen molar-refractivity contribution in [3.63, 3.8) is 0 Å². The van der Waals surface area contributed by atoms with E-state index in [-0.39, 0.29) is 0 Å². The minimum atomic E-state index is -4.47. The van der Waals surface area contributed by atoms with Crippen LogP contribution in [0.2, 0.25) is 0 Å². The lowest BCUT2D eigenvalue weighted by Gasteiger charge is -1.97. The number of alkyl halides is 3. The van der Waals surface area contributed by atoms with Gasteiger partial charge in [-0.3, -0.25) is 0 Å². The van der Waals surface area contributed by atoms with Gasteiger partial charge >= 0.3 is 6.18 Å². The van der Waals surface area contributed by atoms with Crippen molar-refractivity contribution in [1.29, 1.82) is 0 Å². The SMILES string of the molecule is [CH]c1nc(C(F)(F)F)co1. The molecule has 1 aromatic heterocycles. The van der Waals surface area contributed by atoms with Crippen LogP contribution in [0.15, 0.2) is 10.7 Å². The predicted octanol–water partition coefficient (Wildman–Crippen LogP) is 1.75. The smallest absolute Gasteiger partial charge is 0.436 e. The molecule has 10 heavy (non-hydrogen) atoms. The van der Waals surface area contributed by atoms with Gasteiger partial charge in [0, 0.05) is 0 Å². The molecule has 0 aliphatic rings. The van der Waals surface area contributed by atoms with Gasteiger partial charge in [-0.15, -0.1) is 0 Å². The molecule has 1 rings (SSSR count). The highest BCUT2D eigenvalue weighted by atomic mass is 19.4. The summed E-state index contributed by atoms with van der Waals surface area (Å²) in [5.74, 6) is -0.479. The van der Waals surface area contributed by atoms with Gasteiger partial charge in [0.05, 0.1) is 6.92 Å². The van der Waals surface area contributed by atoms with E-state index in [0.717, 1.165) is 0 Å². The summed E-state index contributed by atoms with van der Waals surface area (Å²) in [6.45, 7) is 4.80. The number of nitrogens with zero attached hydrogens (tertiary/aromatic N) is 1. The van der Waals surface area contributed by atoms with Gasteiger partial charge in [0.2, 0.25) is 0 Å². The molecule has 0 atom stereocenters. The Balaban J connectivity index is 2.96. The Hall–Kier alpha value is -1.00. The van der Waals surface area contributed by atoms with Crippen LogP contribution in [0.25, 0.3) is 0 Å². The zero-order chi connectivity index (χ0) is 7.78. The Labute approximate surface area is 54.7 Å². The lowest BCUT2D eigenvalue weighted by atomic mass is 10.5. The minimum absolute atomic E-state index is 0.468. The quantitative estimate of drug-likeness (QED) is 0.561. The van der Waals surface area contributed by atoms with E-state index in [9.17, 15) is 13.2 Å². The molecule has 1 aromatic rings. The average molecular weight is 149 g/mol. The van der Waals surface area contributed by atoms with E-state index in [0.29, 0.717) is 6.26 Å². The van der Waals surface area contributed by atoms with Crippen molar-refractivity contribution in [2.24, 2.45) is 0 Å². The third kappa shape index (κ3) is 1.29. The highest BCUT2D eigenvalue weighted by Crippen LogP contribution is 2.27. The topological polar surface area (TPSA) is 26.0 Å². The second-order valence-corrected chi connectivity index (χ2v) is 1.57. The highest BCUT2D eigenvalue weighted by molar-refractivity contribution is 5.01. The van der Waals surface area contributed by atoms with Crippen LogP contribution < -0.4 is 0 Å². The van der Waals surface area contributed by atoms with Crippen LogP contribution >= 0.6 is 0 Å². The van der Waals surface area contributed by atoms with Gasteiger partial charge in [0.15, 0.2) is 11.6 Å². The summed E-state index contributed by atoms with van der Waals surface area (Å²) >= 11 is 0. The first-order valence-electron chi connectivity index (χ1n) is 2.28. The minimum Gasteiger partial charge on any atom is -0.448 e. The lowest BCUT2D eigenvalue weighted by molar-refractivity contribution is -0.141. The fourth-order valence-electron chi connectivity index (χ4n) is 0.418. The molecule has 54 valence electrons.